The van der Waals surface area contributed by atoms with E-state index in [1.54, 1.807) is 32.4 Å². The van der Waals surface area contributed by atoms with Crippen LogP contribution in [-0.2, 0) is 6.42 Å². The maximum Gasteiger partial charge on any atom is 0.137 e. The summed E-state index contributed by atoms with van der Waals surface area (Å²) in [7, 11) is 3.20. The number of halogens is 2. The highest BCUT2D eigenvalue weighted by atomic mass is 79.9. The summed E-state index contributed by atoms with van der Waals surface area (Å²) in [5, 5.41) is 0. The molecule has 112 valence electrons. The molecule has 21 heavy (non-hydrogen) atoms. The zero-order chi connectivity index (χ0) is 15.4. The van der Waals surface area contributed by atoms with Gasteiger partial charge in [-0.2, -0.15) is 0 Å². The van der Waals surface area contributed by atoms with Crippen LogP contribution in [0.25, 0.3) is 0 Å². The van der Waals surface area contributed by atoms with Crippen LogP contribution in [0.4, 0.5) is 4.39 Å². The highest BCUT2D eigenvalue weighted by molar-refractivity contribution is 9.10. The fraction of sp³-hybridized carbons (Fsp3) is 0.250. The lowest BCUT2D eigenvalue weighted by Crippen LogP contribution is -2.13. The molecule has 0 saturated heterocycles. The van der Waals surface area contributed by atoms with Gasteiger partial charge in [-0.15, -0.1) is 0 Å². The summed E-state index contributed by atoms with van der Waals surface area (Å²) < 4.78 is 24.2. The van der Waals surface area contributed by atoms with E-state index < -0.39 is 0 Å². The molecule has 0 aliphatic carbocycles. The molecule has 0 radical (unpaired) electrons. The zero-order valence-corrected chi connectivity index (χ0v) is 13.5. The molecule has 0 aliphatic heterocycles. The van der Waals surface area contributed by atoms with E-state index in [4.69, 9.17) is 15.2 Å². The Balaban J connectivity index is 2.22. The van der Waals surface area contributed by atoms with Gasteiger partial charge in [0.1, 0.15) is 17.3 Å². The van der Waals surface area contributed by atoms with Crippen LogP contribution in [0.2, 0.25) is 0 Å². The van der Waals surface area contributed by atoms with E-state index in [9.17, 15) is 4.39 Å². The lowest BCUT2D eigenvalue weighted by atomic mass is 9.99. The number of rotatable bonds is 5. The van der Waals surface area contributed by atoms with Crippen LogP contribution in [0, 0.1) is 5.82 Å². The van der Waals surface area contributed by atoms with E-state index in [0.717, 1.165) is 11.1 Å². The Morgan fingerprint density at radius 3 is 2.24 bits per heavy atom. The van der Waals surface area contributed by atoms with Crippen LogP contribution in [0.1, 0.15) is 17.2 Å². The number of hydrogen-bond donors (Lipinski definition) is 1. The van der Waals surface area contributed by atoms with Crippen molar-refractivity contribution in [2.75, 3.05) is 14.2 Å². The maximum atomic E-state index is 13.2. The Hall–Kier alpha value is -1.59. The molecular formula is C16H17BrFNO2. The summed E-state index contributed by atoms with van der Waals surface area (Å²) in [6.07, 6.45) is 0.592. The summed E-state index contributed by atoms with van der Waals surface area (Å²) in [5.41, 5.74) is 8.11. The van der Waals surface area contributed by atoms with Crippen molar-refractivity contribution in [2.45, 2.75) is 12.5 Å². The van der Waals surface area contributed by atoms with Crippen LogP contribution in [0.3, 0.4) is 0 Å². The third-order valence-corrected chi connectivity index (χ3v) is 3.85. The largest absolute Gasteiger partial charge is 0.497 e. The highest BCUT2D eigenvalue weighted by Gasteiger charge is 2.11. The molecular weight excluding hydrogens is 337 g/mol. The predicted molar refractivity (Wildman–Crippen MR) is 84.3 cm³/mol. The first-order valence-corrected chi connectivity index (χ1v) is 7.25. The van der Waals surface area contributed by atoms with Crippen LogP contribution in [-0.4, -0.2) is 14.2 Å². The van der Waals surface area contributed by atoms with Gasteiger partial charge < -0.3 is 15.2 Å². The van der Waals surface area contributed by atoms with Crippen molar-refractivity contribution in [1.29, 1.82) is 0 Å². The Morgan fingerprint density at radius 1 is 1.10 bits per heavy atom. The Kier molecular flexibility index (Phi) is 5.20. The summed E-state index contributed by atoms with van der Waals surface area (Å²) in [5.74, 6) is 1.11. The number of hydrogen-bond acceptors (Lipinski definition) is 3. The molecule has 0 spiro atoms. The smallest absolute Gasteiger partial charge is 0.137 e. The van der Waals surface area contributed by atoms with Gasteiger partial charge in [0.25, 0.3) is 0 Å². The molecule has 5 heteroatoms. The van der Waals surface area contributed by atoms with Crippen molar-refractivity contribution in [3.05, 3.63) is 57.8 Å². The van der Waals surface area contributed by atoms with E-state index in [1.165, 1.54) is 6.07 Å². The number of benzene rings is 2. The van der Waals surface area contributed by atoms with Crippen molar-refractivity contribution in [2.24, 2.45) is 5.73 Å². The molecule has 1 atom stereocenters. The van der Waals surface area contributed by atoms with Crippen LogP contribution in [0.15, 0.2) is 40.9 Å². The zero-order valence-electron chi connectivity index (χ0n) is 11.9. The minimum absolute atomic E-state index is 0.230. The Morgan fingerprint density at radius 2 is 1.71 bits per heavy atom. The third-order valence-electron chi connectivity index (χ3n) is 3.24. The maximum absolute atomic E-state index is 13.2. The molecule has 2 rings (SSSR count). The van der Waals surface area contributed by atoms with Crippen molar-refractivity contribution in [3.8, 4) is 11.5 Å². The minimum atomic E-state index is -0.282. The van der Waals surface area contributed by atoms with Gasteiger partial charge in [-0.25, -0.2) is 4.39 Å². The Bertz CT molecular complexity index is 611. The molecule has 3 nitrogen and oxygen atoms in total. The average molecular weight is 354 g/mol. The first-order chi connectivity index (χ1) is 10.0. The van der Waals surface area contributed by atoms with Crippen molar-refractivity contribution in [1.82, 2.24) is 0 Å². The average Bonchev–Trinajstić information content (AvgIpc) is 2.50. The van der Waals surface area contributed by atoms with Gasteiger partial charge >= 0.3 is 0 Å². The normalized spacial score (nSPS) is 12.0. The summed E-state index contributed by atoms with van der Waals surface area (Å²) in [6, 6.07) is 10.2. The highest BCUT2D eigenvalue weighted by Crippen LogP contribution is 2.28. The SMILES string of the molecule is COc1cc(OC)cc(C(N)Cc2ccc(F)c(Br)c2)c1. The van der Waals surface area contributed by atoms with Gasteiger partial charge in [-0.1, -0.05) is 6.07 Å². The second-order valence-corrected chi connectivity index (χ2v) is 5.56. The molecule has 2 aromatic rings. The number of ether oxygens (including phenoxy) is 2. The van der Waals surface area contributed by atoms with Crippen LogP contribution < -0.4 is 15.2 Å². The fourth-order valence-corrected chi connectivity index (χ4v) is 2.51. The van der Waals surface area contributed by atoms with Crippen molar-refractivity contribution >= 4 is 15.9 Å². The summed E-state index contributed by atoms with van der Waals surface area (Å²) >= 11 is 3.18. The third kappa shape index (κ3) is 3.95. The van der Waals surface area contributed by atoms with E-state index in [1.807, 2.05) is 12.1 Å². The number of nitrogens with two attached hydrogens (primary N) is 1. The van der Waals surface area contributed by atoms with E-state index in [0.29, 0.717) is 22.4 Å². The van der Waals surface area contributed by atoms with E-state index in [2.05, 4.69) is 15.9 Å². The van der Waals surface area contributed by atoms with Crippen molar-refractivity contribution in [3.63, 3.8) is 0 Å². The molecule has 0 aromatic heterocycles. The lowest BCUT2D eigenvalue weighted by molar-refractivity contribution is 0.392. The first-order valence-electron chi connectivity index (χ1n) is 6.46. The van der Waals surface area contributed by atoms with Gasteiger partial charge in [0, 0.05) is 12.1 Å². The quantitative estimate of drug-likeness (QED) is 0.887. The lowest BCUT2D eigenvalue weighted by Gasteiger charge is -2.15. The van der Waals surface area contributed by atoms with Crippen LogP contribution >= 0.6 is 15.9 Å². The molecule has 0 aliphatic rings. The molecule has 1 unspecified atom stereocenters. The number of methoxy groups -OCH3 is 2. The van der Waals surface area contributed by atoms with E-state index >= 15 is 0 Å². The van der Waals surface area contributed by atoms with Gasteiger partial charge in [0.05, 0.1) is 18.7 Å². The van der Waals surface area contributed by atoms with Gasteiger partial charge in [0.2, 0.25) is 0 Å². The molecule has 2 aromatic carbocycles. The molecule has 0 amide bonds. The molecule has 0 bridgehead atoms. The molecule has 0 heterocycles. The minimum Gasteiger partial charge on any atom is -0.497 e. The van der Waals surface area contributed by atoms with Crippen LogP contribution in [0.5, 0.6) is 11.5 Å². The van der Waals surface area contributed by atoms with Gasteiger partial charge in [0.15, 0.2) is 0 Å². The second kappa shape index (κ2) is 6.91. The fourth-order valence-electron chi connectivity index (χ4n) is 2.08. The predicted octanol–water partition coefficient (Wildman–Crippen LogP) is 3.85. The van der Waals surface area contributed by atoms with Gasteiger partial charge in [-0.3, -0.25) is 0 Å². The standard InChI is InChI=1S/C16H17BrFNO2/c1-20-12-7-11(8-13(9-12)21-2)16(19)6-10-3-4-15(18)14(17)5-10/h3-5,7-9,16H,6,19H2,1-2H3. The molecule has 0 saturated carbocycles. The first kappa shape index (κ1) is 15.8. The Labute approximate surface area is 132 Å². The van der Waals surface area contributed by atoms with E-state index in [-0.39, 0.29) is 11.9 Å². The summed E-state index contributed by atoms with van der Waals surface area (Å²) in [6.45, 7) is 0. The van der Waals surface area contributed by atoms with Gasteiger partial charge in [-0.05, 0) is 57.7 Å². The molecule has 0 fully saturated rings. The molecule has 2 N–H and O–H groups in total. The topological polar surface area (TPSA) is 44.5 Å². The monoisotopic (exact) mass is 353 g/mol. The van der Waals surface area contributed by atoms with Crippen molar-refractivity contribution < 1.29 is 13.9 Å². The second-order valence-electron chi connectivity index (χ2n) is 4.71. The summed E-state index contributed by atoms with van der Waals surface area (Å²) in [4.78, 5) is 0.